The van der Waals surface area contributed by atoms with Gasteiger partial charge in [0.1, 0.15) is 11.3 Å². The fraction of sp³-hybridized carbons (Fsp3) is 0.222. The highest BCUT2D eigenvalue weighted by Gasteiger charge is 2.15. The highest BCUT2D eigenvalue weighted by molar-refractivity contribution is 9.10. The summed E-state index contributed by atoms with van der Waals surface area (Å²) in [4.78, 5) is 24.0. The Bertz CT molecular complexity index is 707. The van der Waals surface area contributed by atoms with Crippen LogP contribution in [0.2, 0.25) is 0 Å². The molecule has 0 unspecified atom stereocenters. The SMILES string of the molecule is CCCc1ccc(C(=O)COC(=O)c2cc(Br)ccc2O)cc1. The van der Waals surface area contributed by atoms with Crippen molar-refractivity contribution in [2.45, 2.75) is 19.8 Å². The van der Waals surface area contributed by atoms with Crippen LogP contribution in [0.1, 0.15) is 39.6 Å². The third-order valence-electron chi connectivity index (χ3n) is 3.33. The Balaban J connectivity index is 1.98. The van der Waals surface area contributed by atoms with Crippen molar-refractivity contribution in [2.75, 3.05) is 6.61 Å². The van der Waals surface area contributed by atoms with Crippen molar-refractivity contribution in [3.63, 3.8) is 0 Å². The predicted octanol–water partition coefficient (Wildman–Crippen LogP) is 4.15. The lowest BCUT2D eigenvalue weighted by Gasteiger charge is -2.07. The van der Waals surface area contributed by atoms with Gasteiger partial charge in [-0.15, -0.1) is 0 Å². The van der Waals surface area contributed by atoms with Gasteiger partial charge in [0.05, 0.1) is 0 Å². The molecule has 23 heavy (non-hydrogen) atoms. The van der Waals surface area contributed by atoms with Crippen LogP contribution in [0.15, 0.2) is 46.9 Å². The first-order valence-electron chi connectivity index (χ1n) is 7.29. The van der Waals surface area contributed by atoms with Gasteiger partial charge in [0.2, 0.25) is 0 Å². The lowest BCUT2D eigenvalue weighted by Crippen LogP contribution is -2.14. The molecule has 0 heterocycles. The van der Waals surface area contributed by atoms with Crippen molar-refractivity contribution in [1.82, 2.24) is 0 Å². The third kappa shape index (κ3) is 4.66. The number of aromatic hydroxyl groups is 1. The first kappa shape index (κ1) is 17.2. The first-order valence-corrected chi connectivity index (χ1v) is 8.08. The molecular formula is C18H17BrO4. The fourth-order valence-electron chi connectivity index (χ4n) is 2.11. The maximum atomic E-state index is 12.1. The molecule has 2 aromatic carbocycles. The number of halogens is 1. The molecule has 0 amide bonds. The Kier molecular flexibility index (Phi) is 5.93. The largest absolute Gasteiger partial charge is 0.507 e. The number of phenols is 1. The Labute approximate surface area is 143 Å². The summed E-state index contributed by atoms with van der Waals surface area (Å²) < 4.78 is 5.63. The molecule has 0 saturated carbocycles. The Morgan fingerprint density at radius 3 is 2.48 bits per heavy atom. The molecule has 0 spiro atoms. The molecule has 0 atom stereocenters. The van der Waals surface area contributed by atoms with E-state index >= 15 is 0 Å². The van der Waals surface area contributed by atoms with Crippen LogP contribution >= 0.6 is 15.9 Å². The zero-order chi connectivity index (χ0) is 16.8. The zero-order valence-corrected chi connectivity index (χ0v) is 14.3. The number of aryl methyl sites for hydroxylation is 1. The quantitative estimate of drug-likeness (QED) is 0.607. The molecule has 120 valence electrons. The lowest BCUT2D eigenvalue weighted by atomic mass is 10.1. The van der Waals surface area contributed by atoms with E-state index in [-0.39, 0.29) is 23.7 Å². The second kappa shape index (κ2) is 7.92. The molecule has 0 bridgehead atoms. The molecule has 0 aliphatic rings. The normalized spacial score (nSPS) is 10.3. The molecule has 0 aliphatic carbocycles. The average Bonchev–Trinajstić information content (AvgIpc) is 2.55. The molecule has 4 nitrogen and oxygen atoms in total. The molecule has 0 radical (unpaired) electrons. The number of phenolic OH excluding ortho intramolecular Hbond substituents is 1. The second-order valence-corrected chi connectivity index (χ2v) is 6.02. The van der Waals surface area contributed by atoms with E-state index in [0.29, 0.717) is 10.0 Å². The standard InChI is InChI=1S/C18H17BrO4/c1-2-3-12-4-6-13(7-5-12)17(21)11-23-18(22)15-10-14(19)8-9-16(15)20/h4-10,20H,2-3,11H2,1H3. The zero-order valence-electron chi connectivity index (χ0n) is 12.7. The number of ketones is 1. The van der Waals surface area contributed by atoms with E-state index in [9.17, 15) is 14.7 Å². The summed E-state index contributed by atoms with van der Waals surface area (Å²) in [6.07, 6.45) is 2.01. The van der Waals surface area contributed by atoms with Crippen molar-refractivity contribution < 1.29 is 19.4 Å². The van der Waals surface area contributed by atoms with Crippen LogP contribution in [0.25, 0.3) is 0 Å². The number of hydrogen-bond acceptors (Lipinski definition) is 4. The number of ether oxygens (including phenoxy) is 1. The summed E-state index contributed by atoms with van der Waals surface area (Å²) in [5.41, 5.74) is 1.68. The maximum absolute atomic E-state index is 12.1. The van der Waals surface area contributed by atoms with Gasteiger partial charge in [0.25, 0.3) is 0 Å². The van der Waals surface area contributed by atoms with Gasteiger partial charge >= 0.3 is 5.97 Å². The summed E-state index contributed by atoms with van der Waals surface area (Å²) in [6, 6.07) is 11.7. The van der Waals surface area contributed by atoms with Crippen molar-refractivity contribution in [3.8, 4) is 5.75 Å². The lowest BCUT2D eigenvalue weighted by molar-refractivity contribution is 0.0471. The number of benzene rings is 2. The summed E-state index contributed by atoms with van der Waals surface area (Å²) in [6.45, 7) is 1.73. The molecule has 0 fully saturated rings. The number of hydrogen-bond donors (Lipinski definition) is 1. The third-order valence-corrected chi connectivity index (χ3v) is 3.82. The summed E-state index contributed by atoms with van der Waals surface area (Å²) in [7, 11) is 0. The summed E-state index contributed by atoms with van der Waals surface area (Å²) >= 11 is 3.21. The van der Waals surface area contributed by atoms with E-state index < -0.39 is 5.97 Å². The highest BCUT2D eigenvalue weighted by atomic mass is 79.9. The van der Waals surface area contributed by atoms with Gasteiger partial charge in [-0.25, -0.2) is 4.79 Å². The second-order valence-electron chi connectivity index (χ2n) is 5.11. The maximum Gasteiger partial charge on any atom is 0.342 e. The smallest absolute Gasteiger partial charge is 0.342 e. The highest BCUT2D eigenvalue weighted by Crippen LogP contribution is 2.22. The van der Waals surface area contributed by atoms with Gasteiger partial charge in [0.15, 0.2) is 12.4 Å². The molecule has 0 saturated heterocycles. The number of carbonyl (C=O) groups is 2. The average molecular weight is 377 g/mol. The van der Waals surface area contributed by atoms with Crippen LogP contribution in [-0.2, 0) is 11.2 Å². The molecule has 2 rings (SSSR count). The van der Waals surface area contributed by atoms with Gasteiger partial charge in [-0.2, -0.15) is 0 Å². The molecule has 1 N–H and O–H groups in total. The van der Waals surface area contributed by atoms with E-state index in [1.54, 1.807) is 18.2 Å². The van der Waals surface area contributed by atoms with Gasteiger partial charge in [0, 0.05) is 10.0 Å². The predicted molar refractivity (Wildman–Crippen MR) is 90.9 cm³/mol. The monoisotopic (exact) mass is 376 g/mol. The number of esters is 1. The van der Waals surface area contributed by atoms with Crippen molar-refractivity contribution >= 4 is 27.7 Å². The van der Waals surface area contributed by atoms with E-state index in [0.717, 1.165) is 12.8 Å². The van der Waals surface area contributed by atoms with Gasteiger partial charge < -0.3 is 9.84 Å². The number of carbonyl (C=O) groups excluding carboxylic acids is 2. The van der Waals surface area contributed by atoms with Gasteiger partial charge in [-0.1, -0.05) is 53.5 Å². The van der Waals surface area contributed by atoms with Crippen molar-refractivity contribution in [1.29, 1.82) is 0 Å². The summed E-state index contributed by atoms with van der Waals surface area (Å²) in [5, 5.41) is 9.66. The molecular weight excluding hydrogens is 360 g/mol. The van der Waals surface area contributed by atoms with Crippen LogP contribution in [0.4, 0.5) is 0 Å². The van der Waals surface area contributed by atoms with Crippen molar-refractivity contribution in [2.24, 2.45) is 0 Å². The van der Waals surface area contributed by atoms with E-state index in [1.165, 1.54) is 17.7 Å². The van der Waals surface area contributed by atoms with E-state index in [1.807, 2.05) is 12.1 Å². The molecule has 2 aromatic rings. The molecule has 5 heteroatoms. The first-order chi connectivity index (χ1) is 11.0. The van der Waals surface area contributed by atoms with Crippen LogP contribution in [0, 0.1) is 0 Å². The number of rotatable bonds is 6. The minimum atomic E-state index is -0.736. The number of Topliss-reactive ketones (excluding diaryl/α,β-unsaturated/α-hetero) is 1. The van der Waals surface area contributed by atoms with Crippen LogP contribution in [0.3, 0.4) is 0 Å². The van der Waals surface area contributed by atoms with Crippen LogP contribution in [0.5, 0.6) is 5.75 Å². The molecule has 0 aromatic heterocycles. The fourth-order valence-corrected chi connectivity index (χ4v) is 2.47. The minimum absolute atomic E-state index is 0.0190. The van der Waals surface area contributed by atoms with Gasteiger partial charge in [-0.05, 0) is 30.2 Å². The molecule has 0 aliphatic heterocycles. The Morgan fingerprint density at radius 2 is 1.83 bits per heavy atom. The van der Waals surface area contributed by atoms with Crippen molar-refractivity contribution in [3.05, 3.63) is 63.6 Å². The van der Waals surface area contributed by atoms with Crippen LogP contribution < -0.4 is 0 Å². The Hall–Kier alpha value is -2.14. The minimum Gasteiger partial charge on any atom is -0.507 e. The van der Waals surface area contributed by atoms with Crippen LogP contribution in [-0.4, -0.2) is 23.5 Å². The summed E-state index contributed by atoms with van der Waals surface area (Å²) in [5.74, 6) is -1.20. The Morgan fingerprint density at radius 1 is 1.13 bits per heavy atom. The van der Waals surface area contributed by atoms with E-state index in [2.05, 4.69) is 22.9 Å². The topological polar surface area (TPSA) is 63.6 Å². The van der Waals surface area contributed by atoms with Gasteiger partial charge in [-0.3, -0.25) is 4.79 Å². The van der Waals surface area contributed by atoms with E-state index in [4.69, 9.17) is 4.74 Å².